The van der Waals surface area contributed by atoms with Crippen molar-refractivity contribution >= 4 is 5.82 Å². The lowest BCUT2D eigenvalue weighted by molar-refractivity contribution is 0.145. The molecule has 1 aliphatic heterocycles. The molecule has 1 saturated heterocycles. The molecule has 6 nitrogen and oxygen atoms in total. The van der Waals surface area contributed by atoms with Crippen molar-refractivity contribution in [2.24, 2.45) is 0 Å². The standard InChI is InChI=1S/C18H23N3O3/c1-12-10-14(17(24-3)15(11-12)23-2)18-19-7-4-16(20-18)21-8-5-13(22)6-9-21/h4,7,10-11,13,22H,5-6,8-9H2,1-3H3. The van der Waals surface area contributed by atoms with Gasteiger partial charge in [-0.05, 0) is 43.5 Å². The van der Waals surface area contributed by atoms with Crippen molar-refractivity contribution < 1.29 is 14.6 Å². The van der Waals surface area contributed by atoms with Crippen molar-refractivity contribution in [2.45, 2.75) is 25.9 Å². The predicted octanol–water partition coefficient (Wildman–Crippen LogP) is 2.43. The maximum atomic E-state index is 9.67. The van der Waals surface area contributed by atoms with E-state index in [4.69, 9.17) is 14.5 Å². The van der Waals surface area contributed by atoms with Gasteiger partial charge in [-0.1, -0.05) is 0 Å². The van der Waals surface area contributed by atoms with Gasteiger partial charge in [-0.15, -0.1) is 0 Å². The van der Waals surface area contributed by atoms with Gasteiger partial charge in [-0.3, -0.25) is 0 Å². The number of benzene rings is 1. The first-order valence-electron chi connectivity index (χ1n) is 8.11. The Morgan fingerprint density at radius 1 is 1.17 bits per heavy atom. The summed E-state index contributed by atoms with van der Waals surface area (Å²) in [5, 5.41) is 9.67. The number of hydrogen-bond acceptors (Lipinski definition) is 6. The largest absolute Gasteiger partial charge is 0.493 e. The van der Waals surface area contributed by atoms with Crippen molar-refractivity contribution in [1.29, 1.82) is 0 Å². The number of piperidine rings is 1. The van der Waals surface area contributed by atoms with Crippen LogP contribution in [0, 0.1) is 6.92 Å². The zero-order valence-corrected chi connectivity index (χ0v) is 14.3. The number of rotatable bonds is 4. The third-order valence-corrected chi connectivity index (χ3v) is 4.29. The summed E-state index contributed by atoms with van der Waals surface area (Å²) in [5.74, 6) is 2.78. The van der Waals surface area contributed by atoms with Crippen LogP contribution in [0.3, 0.4) is 0 Å². The minimum Gasteiger partial charge on any atom is -0.493 e. The monoisotopic (exact) mass is 329 g/mol. The molecule has 0 atom stereocenters. The highest BCUT2D eigenvalue weighted by molar-refractivity contribution is 5.70. The van der Waals surface area contributed by atoms with Crippen LogP contribution in [0.15, 0.2) is 24.4 Å². The van der Waals surface area contributed by atoms with Gasteiger partial charge < -0.3 is 19.5 Å². The van der Waals surface area contributed by atoms with Crippen LogP contribution >= 0.6 is 0 Å². The summed E-state index contributed by atoms with van der Waals surface area (Å²) < 4.78 is 10.9. The van der Waals surface area contributed by atoms with Crippen LogP contribution in [0.4, 0.5) is 5.82 Å². The number of nitrogens with zero attached hydrogens (tertiary/aromatic N) is 3. The molecule has 24 heavy (non-hydrogen) atoms. The maximum Gasteiger partial charge on any atom is 0.171 e. The summed E-state index contributed by atoms with van der Waals surface area (Å²) in [6.45, 7) is 3.60. The molecular weight excluding hydrogens is 306 g/mol. The van der Waals surface area contributed by atoms with Crippen molar-refractivity contribution in [3.63, 3.8) is 0 Å². The number of aryl methyl sites for hydroxylation is 1. The fourth-order valence-corrected chi connectivity index (χ4v) is 3.02. The highest BCUT2D eigenvalue weighted by atomic mass is 16.5. The topological polar surface area (TPSA) is 67.7 Å². The molecule has 2 heterocycles. The molecule has 3 rings (SSSR count). The number of ether oxygens (including phenoxy) is 2. The van der Waals surface area contributed by atoms with Crippen molar-refractivity contribution in [3.8, 4) is 22.9 Å². The van der Waals surface area contributed by atoms with Crippen LogP contribution in [0.2, 0.25) is 0 Å². The molecule has 1 N–H and O–H groups in total. The Bertz CT molecular complexity index is 713. The minimum atomic E-state index is -0.205. The van der Waals surface area contributed by atoms with Gasteiger partial charge in [-0.2, -0.15) is 0 Å². The number of aliphatic hydroxyl groups excluding tert-OH is 1. The highest BCUT2D eigenvalue weighted by Crippen LogP contribution is 2.38. The first kappa shape index (κ1) is 16.5. The fraction of sp³-hybridized carbons (Fsp3) is 0.444. The van der Waals surface area contributed by atoms with E-state index < -0.39 is 0 Å². The van der Waals surface area contributed by atoms with Crippen LogP contribution in [-0.4, -0.2) is 48.5 Å². The van der Waals surface area contributed by atoms with E-state index in [1.807, 2.05) is 25.1 Å². The van der Waals surface area contributed by atoms with Gasteiger partial charge in [-0.25, -0.2) is 9.97 Å². The summed E-state index contributed by atoms with van der Waals surface area (Å²) in [5.41, 5.74) is 1.87. The second-order valence-electron chi connectivity index (χ2n) is 6.00. The first-order valence-corrected chi connectivity index (χ1v) is 8.11. The van der Waals surface area contributed by atoms with Crippen LogP contribution in [-0.2, 0) is 0 Å². The molecular formula is C18H23N3O3. The summed E-state index contributed by atoms with van der Waals surface area (Å²) in [6, 6.07) is 5.83. The van der Waals surface area contributed by atoms with E-state index >= 15 is 0 Å². The third-order valence-electron chi connectivity index (χ3n) is 4.29. The molecule has 0 unspecified atom stereocenters. The van der Waals surface area contributed by atoms with Gasteiger partial charge in [0.05, 0.1) is 25.9 Å². The number of aliphatic hydroxyl groups is 1. The zero-order chi connectivity index (χ0) is 17.1. The second kappa shape index (κ2) is 7.05. The molecule has 6 heteroatoms. The Balaban J connectivity index is 1.99. The Morgan fingerprint density at radius 3 is 2.58 bits per heavy atom. The van der Waals surface area contributed by atoms with E-state index in [0.29, 0.717) is 17.3 Å². The third kappa shape index (κ3) is 3.28. The van der Waals surface area contributed by atoms with Crippen LogP contribution in [0.1, 0.15) is 18.4 Å². The van der Waals surface area contributed by atoms with Gasteiger partial charge in [0.2, 0.25) is 0 Å². The summed E-state index contributed by atoms with van der Waals surface area (Å²) >= 11 is 0. The van der Waals surface area contributed by atoms with E-state index in [9.17, 15) is 5.11 Å². The van der Waals surface area contributed by atoms with Gasteiger partial charge in [0.15, 0.2) is 17.3 Å². The zero-order valence-electron chi connectivity index (χ0n) is 14.3. The summed E-state index contributed by atoms with van der Waals surface area (Å²) in [7, 11) is 3.24. The van der Waals surface area contributed by atoms with Gasteiger partial charge in [0.1, 0.15) is 5.82 Å². The lowest BCUT2D eigenvalue weighted by Crippen LogP contribution is -2.36. The molecule has 1 aromatic heterocycles. The molecule has 0 bridgehead atoms. The normalized spacial score (nSPS) is 15.4. The van der Waals surface area contributed by atoms with Crippen LogP contribution < -0.4 is 14.4 Å². The average Bonchev–Trinajstić information content (AvgIpc) is 2.61. The number of methoxy groups -OCH3 is 2. The lowest BCUT2D eigenvalue weighted by atomic mass is 10.1. The van der Waals surface area contributed by atoms with E-state index in [2.05, 4.69) is 9.88 Å². The minimum absolute atomic E-state index is 0.205. The fourth-order valence-electron chi connectivity index (χ4n) is 3.02. The molecule has 128 valence electrons. The molecule has 0 spiro atoms. The number of hydrogen-bond donors (Lipinski definition) is 1. The van der Waals surface area contributed by atoms with E-state index in [0.717, 1.165) is 42.9 Å². The Hall–Kier alpha value is -2.34. The summed E-state index contributed by atoms with van der Waals surface area (Å²) in [6.07, 6.45) is 3.09. The van der Waals surface area contributed by atoms with E-state index in [1.165, 1.54) is 0 Å². The van der Waals surface area contributed by atoms with Gasteiger partial charge in [0, 0.05) is 19.3 Å². The molecule has 2 aromatic rings. The van der Waals surface area contributed by atoms with E-state index in [-0.39, 0.29) is 6.10 Å². The quantitative estimate of drug-likeness (QED) is 0.929. The molecule has 1 aliphatic rings. The van der Waals surface area contributed by atoms with Gasteiger partial charge >= 0.3 is 0 Å². The highest BCUT2D eigenvalue weighted by Gasteiger charge is 2.20. The molecule has 0 amide bonds. The van der Waals surface area contributed by atoms with Crippen LogP contribution in [0.25, 0.3) is 11.4 Å². The van der Waals surface area contributed by atoms with Crippen molar-refractivity contribution in [1.82, 2.24) is 9.97 Å². The smallest absolute Gasteiger partial charge is 0.171 e. The van der Waals surface area contributed by atoms with Crippen molar-refractivity contribution in [3.05, 3.63) is 30.0 Å². The molecule has 0 aliphatic carbocycles. The SMILES string of the molecule is COc1cc(C)cc(-c2nccc(N3CCC(O)CC3)n2)c1OC. The Kier molecular flexibility index (Phi) is 4.85. The molecule has 1 aromatic carbocycles. The Labute approximate surface area is 142 Å². The van der Waals surface area contributed by atoms with Crippen molar-refractivity contribution in [2.75, 3.05) is 32.2 Å². The Morgan fingerprint density at radius 2 is 1.92 bits per heavy atom. The van der Waals surface area contributed by atoms with E-state index in [1.54, 1.807) is 20.4 Å². The predicted molar refractivity (Wildman–Crippen MR) is 92.8 cm³/mol. The first-order chi connectivity index (χ1) is 11.6. The second-order valence-corrected chi connectivity index (χ2v) is 6.00. The number of anilines is 1. The van der Waals surface area contributed by atoms with Gasteiger partial charge in [0.25, 0.3) is 0 Å². The molecule has 0 saturated carbocycles. The average molecular weight is 329 g/mol. The van der Waals surface area contributed by atoms with Crippen LogP contribution in [0.5, 0.6) is 11.5 Å². The molecule has 1 fully saturated rings. The molecule has 0 radical (unpaired) electrons. The maximum absolute atomic E-state index is 9.67. The number of aromatic nitrogens is 2. The summed E-state index contributed by atoms with van der Waals surface area (Å²) in [4.78, 5) is 11.3. The lowest BCUT2D eigenvalue weighted by Gasteiger charge is -2.30.